The SMILES string of the molecule is Cc1cnccc1C(c1cc(F)c(I)c(F)c1)C1CNC(=O)C1. The zero-order valence-electron chi connectivity index (χ0n) is 12.4. The summed E-state index contributed by atoms with van der Waals surface area (Å²) in [6, 6.07) is 4.60. The first kappa shape index (κ1) is 16.3. The van der Waals surface area contributed by atoms with Gasteiger partial charge in [0, 0.05) is 31.3 Å². The summed E-state index contributed by atoms with van der Waals surface area (Å²) in [4.78, 5) is 15.7. The van der Waals surface area contributed by atoms with Crippen LogP contribution < -0.4 is 5.32 Å². The molecule has 0 spiro atoms. The molecule has 6 heteroatoms. The number of amides is 1. The molecule has 2 aromatic rings. The van der Waals surface area contributed by atoms with E-state index in [0.717, 1.165) is 11.1 Å². The molecule has 1 fully saturated rings. The molecule has 1 aromatic carbocycles. The second-order valence-corrected chi connectivity index (χ2v) is 6.86. The molecule has 0 bridgehead atoms. The third kappa shape index (κ3) is 3.22. The van der Waals surface area contributed by atoms with E-state index in [2.05, 4.69) is 10.3 Å². The summed E-state index contributed by atoms with van der Waals surface area (Å²) < 4.78 is 28.1. The second-order valence-electron chi connectivity index (χ2n) is 5.78. The molecule has 1 amide bonds. The van der Waals surface area contributed by atoms with Crippen molar-refractivity contribution in [2.45, 2.75) is 19.3 Å². The van der Waals surface area contributed by atoms with Gasteiger partial charge in [0.1, 0.15) is 11.6 Å². The zero-order chi connectivity index (χ0) is 16.6. The van der Waals surface area contributed by atoms with Crippen molar-refractivity contribution in [3.63, 3.8) is 0 Å². The maximum atomic E-state index is 14.0. The average molecular weight is 428 g/mol. The Labute approximate surface area is 146 Å². The number of nitrogens with zero attached hydrogens (tertiary/aromatic N) is 1. The number of pyridine rings is 1. The Morgan fingerprint density at radius 2 is 2.04 bits per heavy atom. The number of aryl methyl sites for hydroxylation is 1. The van der Waals surface area contributed by atoms with Crippen LogP contribution >= 0.6 is 22.6 Å². The normalized spacial score (nSPS) is 18.8. The summed E-state index contributed by atoms with van der Waals surface area (Å²) in [5, 5.41) is 2.81. The van der Waals surface area contributed by atoms with Crippen molar-refractivity contribution in [2.75, 3.05) is 6.54 Å². The first-order valence-corrected chi connectivity index (χ1v) is 8.37. The van der Waals surface area contributed by atoms with Crippen molar-refractivity contribution in [2.24, 2.45) is 5.92 Å². The van der Waals surface area contributed by atoms with E-state index >= 15 is 0 Å². The zero-order valence-corrected chi connectivity index (χ0v) is 14.6. The molecule has 1 saturated heterocycles. The lowest BCUT2D eigenvalue weighted by atomic mass is 9.79. The van der Waals surface area contributed by atoms with Crippen LogP contribution in [0.4, 0.5) is 8.78 Å². The van der Waals surface area contributed by atoms with E-state index in [1.165, 1.54) is 12.1 Å². The minimum Gasteiger partial charge on any atom is -0.356 e. The molecule has 120 valence electrons. The van der Waals surface area contributed by atoms with Gasteiger partial charge in [-0.25, -0.2) is 8.78 Å². The highest BCUT2D eigenvalue weighted by molar-refractivity contribution is 14.1. The fourth-order valence-corrected chi connectivity index (χ4v) is 3.47. The smallest absolute Gasteiger partial charge is 0.220 e. The molecule has 2 unspecified atom stereocenters. The average Bonchev–Trinajstić information content (AvgIpc) is 2.93. The summed E-state index contributed by atoms with van der Waals surface area (Å²) >= 11 is 1.66. The van der Waals surface area contributed by atoms with Gasteiger partial charge in [-0.05, 0) is 70.3 Å². The highest BCUT2D eigenvalue weighted by Gasteiger charge is 2.33. The lowest BCUT2D eigenvalue weighted by molar-refractivity contribution is -0.119. The number of aromatic nitrogens is 1. The molecular formula is C17H15F2IN2O. The second kappa shape index (κ2) is 6.51. The number of nitrogens with one attached hydrogen (secondary N) is 1. The van der Waals surface area contributed by atoms with E-state index in [1.54, 1.807) is 35.0 Å². The van der Waals surface area contributed by atoms with E-state index in [9.17, 15) is 13.6 Å². The van der Waals surface area contributed by atoms with Crippen LogP contribution in [0, 0.1) is 28.0 Å². The van der Waals surface area contributed by atoms with Gasteiger partial charge in [0.2, 0.25) is 5.91 Å². The highest BCUT2D eigenvalue weighted by atomic mass is 127. The van der Waals surface area contributed by atoms with E-state index in [-0.39, 0.29) is 21.3 Å². The van der Waals surface area contributed by atoms with Crippen LogP contribution in [0.3, 0.4) is 0 Å². The first-order valence-electron chi connectivity index (χ1n) is 7.29. The van der Waals surface area contributed by atoms with Crippen molar-refractivity contribution >= 4 is 28.5 Å². The van der Waals surface area contributed by atoms with Crippen molar-refractivity contribution in [3.05, 3.63) is 62.5 Å². The molecule has 3 nitrogen and oxygen atoms in total. The van der Waals surface area contributed by atoms with Crippen molar-refractivity contribution in [1.29, 1.82) is 0 Å². The van der Waals surface area contributed by atoms with Gasteiger partial charge in [-0.2, -0.15) is 0 Å². The van der Waals surface area contributed by atoms with Gasteiger partial charge in [0.25, 0.3) is 0 Å². The number of halogens is 3. The Hall–Kier alpha value is -1.57. The maximum absolute atomic E-state index is 14.0. The van der Waals surface area contributed by atoms with Gasteiger partial charge in [-0.3, -0.25) is 9.78 Å². The van der Waals surface area contributed by atoms with E-state index < -0.39 is 11.6 Å². The number of carbonyl (C=O) groups excluding carboxylic acids is 1. The van der Waals surface area contributed by atoms with Crippen LogP contribution in [0.25, 0.3) is 0 Å². The Morgan fingerprint density at radius 1 is 1.35 bits per heavy atom. The molecule has 2 heterocycles. The summed E-state index contributed by atoms with van der Waals surface area (Å²) in [5.74, 6) is -1.47. The van der Waals surface area contributed by atoms with Gasteiger partial charge in [0.05, 0.1) is 3.57 Å². The molecule has 1 aliphatic heterocycles. The van der Waals surface area contributed by atoms with Crippen LogP contribution in [-0.4, -0.2) is 17.4 Å². The number of hydrogen-bond donors (Lipinski definition) is 1. The largest absolute Gasteiger partial charge is 0.356 e. The molecule has 0 aliphatic carbocycles. The number of benzene rings is 1. The summed E-state index contributed by atoms with van der Waals surface area (Å²) in [7, 11) is 0. The highest BCUT2D eigenvalue weighted by Crippen LogP contribution is 2.38. The van der Waals surface area contributed by atoms with Crippen LogP contribution in [0.5, 0.6) is 0 Å². The van der Waals surface area contributed by atoms with Crippen molar-refractivity contribution in [3.8, 4) is 0 Å². The fraction of sp³-hybridized carbons (Fsp3) is 0.294. The lowest BCUT2D eigenvalue weighted by Gasteiger charge is -2.25. The topological polar surface area (TPSA) is 42.0 Å². The predicted molar refractivity (Wildman–Crippen MR) is 91.0 cm³/mol. The van der Waals surface area contributed by atoms with E-state index in [1.807, 2.05) is 13.0 Å². The summed E-state index contributed by atoms with van der Waals surface area (Å²) in [6.45, 7) is 2.42. The fourth-order valence-electron chi connectivity index (χ4n) is 3.16. The minimum atomic E-state index is -0.574. The number of hydrogen-bond acceptors (Lipinski definition) is 2. The van der Waals surface area contributed by atoms with Gasteiger partial charge < -0.3 is 5.32 Å². The molecular weight excluding hydrogens is 413 g/mol. The molecule has 3 rings (SSSR count). The standard InChI is InChI=1S/C17H15F2IN2O/c1-9-7-21-3-2-12(9)16(11-6-15(23)22-8-11)10-4-13(18)17(20)14(19)5-10/h2-5,7,11,16H,6,8H2,1H3,(H,22,23). The van der Waals surface area contributed by atoms with Crippen LogP contribution in [0.2, 0.25) is 0 Å². The molecule has 2 atom stereocenters. The van der Waals surface area contributed by atoms with Crippen molar-refractivity contribution in [1.82, 2.24) is 10.3 Å². The summed E-state index contributed by atoms with van der Waals surface area (Å²) in [5.41, 5.74) is 2.44. The van der Waals surface area contributed by atoms with Crippen molar-refractivity contribution < 1.29 is 13.6 Å². The Kier molecular flexibility index (Phi) is 4.61. The molecule has 1 aromatic heterocycles. The van der Waals surface area contributed by atoms with Crippen LogP contribution in [0.1, 0.15) is 29.0 Å². The third-order valence-electron chi connectivity index (χ3n) is 4.24. The molecule has 1 aliphatic rings. The quantitative estimate of drug-likeness (QED) is 0.601. The number of carbonyl (C=O) groups is 1. The monoisotopic (exact) mass is 428 g/mol. The Balaban J connectivity index is 2.12. The minimum absolute atomic E-state index is 0.0165. The van der Waals surface area contributed by atoms with Crippen LogP contribution in [0.15, 0.2) is 30.6 Å². The first-order chi connectivity index (χ1) is 11.0. The Morgan fingerprint density at radius 3 is 2.61 bits per heavy atom. The summed E-state index contributed by atoms with van der Waals surface area (Å²) in [6.07, 6.45) is 3.74. The van der Waals surface area contributed by atoms with E-state index in [0.29, 0.717) is 18.5 Å². The van der Waals surface area contributed by atoms with Gasteiger partial charge in [-0.15, -0.1) is 0 Å². The van der Waals surface area contributed by atoms with E-state index in [4.69, 9.17) is 0 Å². The van der Waals surface area contributed by atoms with Gasteiger partial charge in [-0.1, -0.05) is 0 Å². The van der Waals surface area contributed by atoms with Gasteiger partial charge in [0.15, 0.2) is 0 Å². The maximum Gasteiger partial charge on any atom is 0.220 e. The molecule has 0 saturated carbocycles. The number of rotatable bonds is 3. The molecule has 23 heavy (non-hydrogen) atoms. The van der Waals surface area contributed by atoms with Crippen LogP contribution in [-0.2, 0) is 4.79 Å². The lowest BCUT2D eigenvalue weighted by Crippen LogP contribution is -2.19. The molecule has 0 radical (unpaired) electrons. The predicted octanol–water partition coefficient (Wildman–Crippen LogP) is 3.54. The molecule has 1 N–H and O–H groups in total. The van der Waals surface area contributed by atoms with Gasteiger partial charge >= 0.3 is 0 Å². The Bertz CT molecular complexity index is 743. The third-order valence-corrected chi connectivity index (χ3v) is 5.27.